The molecule has 2 heterocycles. The van der Waals surface area contributed by atoms with Crippen molar-refractivity contribution < 1.29 is 53.0 Å². The number of fused-ring (bicyclic) bond motifs is 1. The van der Waals surface area contributed by atoms with Gasteiger partial charge in [-0.1, -0.05) is 136 Å². The summed E-state index contributed by atoms with van der Waals surface area (Å²) < 4.78 is 6.09. The van der Waals surface area contributed by atoms with Gasteiger partial charge in [0.1, 0.15) is 42.3 Å². The summed E-state index contributed by atoms with van der Waals surface area (Å²) in [5, 5.41) is 20.4. The zero-order valence-electron chi connectivity index (χ0n) is 49.5. The van der Waals surface area contributed by atoms with Gasteiger partial charge in [0.25, 0.3) is 5.91 Å². The number of esters is 1. The van der Waals surface area contributed by atoms with Gasteiger partial charge in [-0.2, -0.15) is 0 Å². The van der Waals surface area contributed by atoms with Gasteiger partial charge >= 0.3 is 5.97 Å². The highest BCUT2D eigenvalue weighted by atomic mass is 32.2. The standard InChI is InChI=1S/C59H90N8O11S/c1-17-37(9)45-56(74)64(14)46(35(5)6)51(69)60-41(29-34(3)4)54(72)66(16)49(59(11,12)77)58(76)78-48(38(10)18-2)57(75)65(15)47(36(7)8)52(70)61-42(30-39-25-21-19-22-26-39)53(71)63(13)43(31-40-27-23-20-24-28-40)55(73)67-33-79-32-44(67)50(68)62-45/h19-28,34-38,41-49,77H,17-18,29-33H2,1-16H3,(H,60,69)(H,61,70)(H,62,68)/t37-,38+,41-,42-,43-,44-,45-,46-,47-,48+,49+/m0/s1. The number of nitrogens with zero attached hydrogens (tertiary/aromatic N) is 5. The summed E-state index contributed by atoms with van der Waals surface area (Å²) in [6.07, 6.45) is -0.636. The van der Waals surface area contributed by atoms with Gasteiger partial charge in [-0.3, -0.25) is 38.4 Å². The minimum Gasteiger partial charge on any atom is -0.450 e. The molecule has 4 rings (SSSR count). The predicted molar refractivity (Wildman–Crippen MR) is 304 cm³/mol. The second-order valence-electron chi connectivity index (χ2n) is 23.3. The van der Waals surface area contributed by atoms with E-state index >= 15 is 9.59 Å². The number of nitrogens with one attached hydrogen (secondary N) is 3. The number of carbonyl (C=O) groups excluding carboxylic acids is 9. The van der Waals surface area contributed by atoms with Crippen LogP contribution in [-0.2, 0) is 60.7 Å². The number of cyclic esters (lactones) is 1. The van der Waals surface area contributed by atoms with E-state index in [0.717, 1.165) is 10.5 Å². The molecule has 79 heavy (non-hydrogen) atoms. The van der Waals surface area contributed by atoms with Gasteiger partial charge in [0.15, 0.2) is 12.1 Å². The van der Waals surface area contributed by atoms with Crippen LogP contribution in [0.15, 0.2) is 60.7 Å². The van der Waals surface area contributed by atoms with Crippen molar-refractivity contribution in [2.45, 2.75) is 175 Å². The van der Waals surface area contributed by atoms with Crippen LogP contribution in [0.1, 0.15) is 113 Å². The predicted octanol–water partition coefficient (Wildman–Crippen LogP) is 4.28. The largest absolute Gasteiger partial charge is 0.450 e. The number of hydrogen-bond donors (Lipinski definition) is 4. The van der Waals surface area contributed by atoms with Crippen LogP contribution in [0.4, 0.5) is 0 Å². The molecule has 0 bridgehead atoms. The fourth-order valence-electron chi connectivity index (χ4n) is 10.5. The van der Waals surface area contributed by atoms with Crippen LogP contribution in [0, 0.1) is 29.6 Å². The summed E-state index contributed by atoms with van der Waals surface area (Å²) in [5.41, 5.74) is -0.563. The van der Waals surface area contributed by atoms with E-state index in [1.165, 1.54) is 73.4 Å². The molecule has 19 nitrogen and oxygen atoms in total. The lowest BCUT2D eigenvalue weighted by molar-refractivity contribution is -0.177. The van der Waals surface area contributed by atoms with Crippen LogP contribution in [0.5, 0.6) is 0 Å². The number of aliphatic hydroxyl groups is 1. The number of thioether (sulfide) groups is 1. The third kappa shape index (κ3) is 16.5. The lowest BCUT2D eigenvalue weighted by atomic mass is 9.93. The number of rotatable bonds is 13. The van der Waals surface area contributed by atoms with Crippen LogP contribution >= 0.6 is 11.8 Å². The first kappa shape index (κ1) is 65.5. The molecule has 0 unspecified atom stereocenters. The summed E-state index contributed by atoms with van der Waals surface area (Å²) >= 11 is 1.34. The van der Waals surface area contributed by atoms with E-state index in [2.05, 4.69) is 16.0 Å². The average molecular weight is 1120 g/mol. The van der Waals surface area contributed by atoms with Gasteiger partial charge in [0.05, 0.1) is 11.5 Å². The lowest BCUT2D eigenvalue weighted by Crippen LogP contribution is -2.63. The second-order valence-corrected chi connectivity index (χ2v) is 24.3. The maximum absolute atomic E-state index is 15.3. The van der Waals surface area contributed by atoms with E-state index in [-0.39, 0.29) is 36.8 Å². The van der Waals surface area contributed by atoms with Gasteiger partial charge in [-0.15, -0.1) is 11.8 Å². The molecule has 0 radical (unpaired) electrons. The smallest absolute Gasteiger partial charge is 0.332 e. The van der Waals surface area contributed by atoms with E-state index in [0.29, 0.717) is 18.4 Å². The Morgan fingerprint density at radius 2 is 1.08 bits per heavy atom. The van der Waals surface area contributed by atoms with Crippen LogP contribution in [-0.4, -0.2) is 183 Å². The van der Waals surface area contributed by atoms with Gasteiger partial charge < -0.3 is 50.3 Å². The molecule has 0 aliphatic carbocycles. The molecule has 2 aromatic rings. The first-order chi connectivity index (χ1) is 37.0. The minimum atomic E-state index is -1.97. The van der Waals surface area contributed by atoms with Crippen molar-refractivity contribution in [3.63, 3.8) is 0 Å². The maximum atomic E-state index is 15.3. The van der Waals surface area contributed by atoms with Crippen molar-refractivity contribution >= 4 is 65.0 Å². The molecule has 2 aliphatic heterocycles. The molecule has 20 heteroatoms. The molecule has 0 spiro atoms. The topological polar surface area (TPSA) is 235 Å². The fourth-order valence-corrected chi connectivity index (χ4v) is 11.7. The van der Waals surface area contributed by atoms with E-state index in [4.69, 9.17) is 4.74 Å². The van der Waals surface area contributed by atoms with E-state index in [1.807, 2.05) is 57.2 Å². The van der Waals surface area contributed by atoms with Crippen molar-refractivity contribution in [3.8, 4) is 0 Å². The molecule has 2 fully saturated rings. The monoisotopic (exact) mass is 1120 g/mol. The molecule has 11 atom stereocenters. The summed E-state index contributed by atoms with van der Waals surface area (Å²) in [4.78, 5) is 140. The van der Waals surface area contributed by atoms with Gasteiger partial charge in [-0.05, 0) is 61.5 Å². The molecule has 8 amide bonds. The van der Waals surface area contributed by atoms with E-state index < -0.39 is 137 Å². The van der Waals surface area contributed by atoms with Gasteiger partial charge in [0.2, 0.25) is 41.4 Å². The maximum Gasteiger partial charge on any atom is 0.332 e. The first-order valence-electron chi connectivity index (χ1n) is 27.8. The number of carbonyl (C=O) groups is 9. The normalized spacial score (nSPS) is 26.5. The Balaban J connectivity index is 1.98. The van der Waals surface area contributed by atoms with E-state index in [1.54, 1.807) is 72.7 Å². The second kappa shape index (κ2) is 28.9. The number of benzene rings is 2. The highest BCUT2D eigenvalue weighted by Gasteiger charge is 2.48. The minimum absolute atomic E-state index is 0.0109. The summed E-state index contributed by atoms with van der Waals surface area (Å²) in [6, 6.07) is 8.00. The Bertz CT molecular complexity index is 2440. The van der Waals surface area contributed by atoms with Crippen LogP contribution in [0.25, 0.3) is 0 Å². The van der Waals surface area contributed by atoms with E-state index in [9.17, 15) is 38.7 Å². The molecule has 438 valence electrons. The van der Waals surface area contributed by atoms with Crippen molar-refractivity contribution in [1.82, 2.24) is 40.4 Å². The first-order valence-corrected chi connectivity index (χ1v) is 29.0. The highest BCUT2D eigenvalue weighted by molar-refractivity contribution is 7.99. The Labute approximate surface area is 473 Å². The quantitative estimate of drug-likeness (QED) is 0.206. The molecular formula is C59H90N8O11S. The summed E-state index contributed by atoms with van der Waals surface area (Å²) in [5.74, 6) is -8.46. The Morgan fingerprint density at radius 1 is 0.595 bits per heavy atom. The van der Waals surface area contributed by atoms with Crippen LogP contribution in [0.2, 0.25) is 0 Å². The van der Waals surface area contributed by atoms with Gasteiger partial charge in [-0.25, -0.2) is 4.79 Å². The molecule has 0 saturated carbocycles. The van der Waals surface area contributed by atoms with Crippen molar-refractivity contribution in [3.05, 3.63) is 71.8 Å². The van der Waals surface area contributed by atoms with Crippen LogP contribution < -0.4 is 16.0 Å². The lowest BCUT2D eigenvalue weighted by Gasteiger charge is -2.39. The van der Waals surface area contributed by atoms with Crippen molar-refractivity contribution in [1.29, 1.82) is 0 Å². The number of ether oxygens (including phenoxy) is 1. The zero-order valence-corrected chi connectivity index (χ0v) is 50.3. The third-order valence-electron chi connectivity index (χ3n) is 15.4. The van der Waals surface area contributed by atoms with Gasteiger partial charge in [0, 0.05) is 52.7 Å². The fraction of sp³-hybridized carbons (Fsp3) is 0.644. The average Bonchev–Trinajstić information content (AvgIpc) is 3.93. The molecule has 4 N–H and O–H groups in total. The Kier molecular flexibility index (Phi) is 24.0. The zero-order chi connectivity index (χ0) is 59.4. The molecule has 2 aliphatic rings. The van der Waals surface area contributed by atoms with Crippen molar-refractivity contribution in [2.24, 2.45) is 29.6 Å². The summed E-state index contributed by atoms with van der Waals surface area (Å²) in [6.45, 7) is 20.4. The number of hydrogen-bond acceptors (Lipinski definition) is 12. The molecule has 2 aromatic carbocycles. The third-order valence-corrected chi connectivity index (χ3v) is 16.5. The molecule has 2 saturated heterocycles. The molecular weight excluding hydrogens is 1030 g/mol. The SMILES string of the molecule is CC[C@@H](C)[C@H]1OC(=O)[C@H](C(C)(C)O)N(C)C(=O)[C@H](CC(C)C)NC(=O)[C@H](C(C)C)N(C)C(=O)[C@H]([C@@H](C)CC)NC(=O)[C@@H]2CSCN2C(=O)[C@H](Cc2ccccc2)N(C)C(=O)[C@H](Cc2ccccc2)NC(=O)[C@H](C(C)C)N(C)C1=O. The molecule has 0 aromatic heterocycles. The summed E-state index contributed by atoms with van der Waals surface area (Å²) in [7, 11) is 5.66. The number of likely N-dealkylation sites (N-methyl/N-ethyl adjacent to an activating group) is 4. The highest BCUT2D eigenvalue weighted by Crippen LogP contribution is 2.28. The van der Waals surface area contributed by atoms with Crippen LogP contribution in [0.3, 0.4) is 0 Å². The Morgan fingerprint density at radius 3 is 1.56 bits per heavy atom. The number of amides is 8. The Hall–Kier alpha value is -6.02. The van der Waals surface area contributed by atoms with Crippen molar-refractivity contribution in [2.75, 3.05) is 39.8 Å².